The van der Waals surface area contributed by atoms with Gasteiger partial charge in [0.15, 0.2) is 5.78 Å². The molecule has 1 fully saturated rings. The number of Topliss-reactive ketones (excluding diaryl/α,β-unsaturated/α-hetero) is 1. The van der Waals surface area contributed by atoms with Crippen molar-refractivity contribution in [2.45, 2.75) is 37.6 Å². The first kappa shape index (κ1) is 28.7. The molecule has 1 saturated heterocycles. The monoisotopic (exact) mass is 567 g/mol. The number of hydrogen-bond acceptors (Lipinski definition) is 6. The molecule has 0 spiro atoms. The third kappa shape index (κ3) is 7.20. The standard InChI is InChI=1S/C29H33N3O5S2/c1-21(2)18-26(30-28(34)23-13-11-22(12-14-23)27-10-6-17-38-27)29(35)31-15-7-16-32(20-24(33)19-31)39(36,37)25-8-4-3-5-9-25/h3-6,8-14,17,21,26H,7,15-16,18-20H2,1-2H3,(H,30,34)/t26-/m0/s1. The Bertz CT molecular complexity index is 1390. The minimum atomic E-state index is -3.82. The van der Waals surface area contributed by atoms with E-state index >= 15 is 0 Å². The molecule has 1 aliphatic heterocycles. The molecule has 2 amide bonds. The molecule has 10 heteroatoms. The number of nitrogens with one attached hydrogen (secondary N) is 1. The summed E-state index contributed by atoms with van der Waals surface area (Å²) in [6.45, 7) is 3.74. The molecule has 1 N–H and O–H groups in total. The molecule has 1 aliphatic rings. The zero-order valence-corrected chi connectivity index (χ0v) is 23.7. The fourth-order valence-electron chi connectivity index (χ4n) is 4.57. The van der Waals surface area contributed by atoms with Gasteiger partial charge < -0.3 is 10.2 Å². The van der Waals surface area contributed by atoms with Crippen LogP contribution in [0.3, 0.4) is 0 Å². The first-order valence-electron chi connectivity index (χ1n) is 13.0. The molecule has 2 aromatic carbocycles. The quantitative estimate of drug-likeness (QED) is 0.442. The second-order valence-corrected chi connectivity index (χ2v) is 12.9. The molecule has 0 bridgehead atoms. The summed E-state index contributed by atoms with van der Waals surface area (Å²) < 4.78 is 27.2. The summed E-state index contributed by atoms with van der Waals surface area (Å²) in [4.78, 5) is 42.2. The minimum absolute atomic E-state index is 0.116. The van der Waals surface area contributed by atoms with Crippen molar-refractivity contribution in [3.8, 4) is 10.4 Å². The average Bonchev–Trinajstić information content (AvgIpc) is 3.45. The van der Waals surface area contributed by atoms with E-state index in [-0.39, 0.29) is 54.6 Å². The number of carbonyl (C=O) groups is 3. The van der Waals surface area contributed by atoms with Crippen molar-refractivity contribution >= 4 is 39.0 Å². The number of sulfonamides is 1. The van der Waals surface area contributed by atoms with Crippen LogP contribution in [0.15, 0.2) is 77.0 Å². The van der Waals surface area contributed by atoms with Crippen LogP contribution in [0.25, 0.3) is 10.4 Å². The van der Waals surface area contributed by atoms with Gasteiger partial charge in [-0.25, -0.2) is 8.42 Å². The van der Waals surface area contributed by atoms with Crippen molar-refractivity contribution < 1.29 is 22.8 Å². The van der Waals surface area contributed by atoms with E-state index in [0.29, 0.717) is 18.4 Å². The van der Waals surface area contributed by atoms with Crippen LogP contribution in [0.2, 0.25) is 0 Å². The highest BCUT2D eigenvalue weighted by Crippen LogP contribution is 2.25. The van der Waals surface area contributed by atoms with E-state index in [1.165, 1.54) is 21.3 Å². The highest BCUT2D eigenvalue weighted by molar-refractivity contribution is 7.89. The van der Waals surface area contributed by atoms with Crippen molar-refractivity contribution in [3.63, 3.8) is 0 Å². The van der Waals surface area contributed by atoms with Gasteiger partial charge in [-0.05, 0) is 60.0 Å². The number of thiophene rings is 1. The smallest absolute Gasteiger partial charge is 0.251 e. The molecule has 0 aliphatic carbocycles. The Morgan fingerprint density at radius 2 is 1.67 bits per heavy atom. The summed E-state index contributed by atoms with van der Waals surface area (Å²) in [5.74, 6) is -0.941. The lowest BCUT2D eigenvalue weighted by molar-refractivity contribution is -0.138. The summed E-state index contributed by atoms with van der Waals surface area (Å²) in [5, 5.41) is 4.87. The van der Waals surface area contributed by atoms with E-state index in [9.17, 15) is 22.8 Å². The van der Waals surface area contributed by atoms with Crippen LogP contribution in [0.5, 0.6) is 0 Å². The van der Waals surface area contributed by atoms with E-state index < -0.39 is 16.1 Å². The lowest BCUT2D eigenvalue weighted by Crippen LogP contribution is -2.53. The predicted molar refractivity (Wildman–Crippen MR) is 152 cm³/mol. The van der Waals surface area contributed by atoms with Crippen LogP contribution in [-0.2, 0) is 19.6 Å². The van der Waals surface area contributed by atoms with E-state index in [0.717, 1.165) is 10.4 Å². The van der Waals surface area contributed by atoms with Crippen LogP contribution in [0, 0.1) is 5.92 Å². The molecular formula is C29H33N3O5S2. The number of rotatable bonds is 8. The Hall–Kier alpha value is -3.34. The number of amides is 2. The summed E-state index contributed by atoms with van der Waals surface area (Å²) in [5.41, 5.74) is 1.46. The number of ketones is 1. The summed E-state index contributed by atoms with van der Waals surface area (Å²) >= 11 is 1.62. The Morgan fingerprint density at radius 3 is 2.31 bits per heavy atom. The van der Waals surface area contributed by atoms with Crippen LogP contribution < -0.4 is 5.32 Å². The lowest BCUT2D eigenvalue weighted by Gasteiger charge is -2.32. The topological polar surface area (TPSA) is 104 Å². The van der Waals surface area contributed by atoms with Crippen LogP contribution in [0.4, 0.5) is 0 Å². The van der Waals surface area contributed by atoms with Crippen molar-refractivity contribution in [2.75, 3.05) is 26.2 Å². The van der Waals surface area contributed by atoms with E-state index in [4.69, 9.17) is 0 Å². The first-order valence-corrected chi connectivity index (χ1v) is 15.3. The average molecular weight is 568 g/mol. The second kappa shape index (κ2) is 12.7. The van der Waals surface area contributed by atoms with E-state index in [2.05, 4.69) is 5.32 Å². The van der Waals surface area contributed by atoms with Crippen molar-refractivity contribution in [1.82, 2.24) is 14.5 Å². The van der Waals surface area contributed by atoms with E-state index in [1.807, 2.05) is 43.5 Å². The van der Waals surface area contributed by atoms with Gasteiger partial charge in [0, 0.05) is 23.5 Å². The summed E-state index contributed by atoms with van der Waals surface area (Å²) in [6.07, 6.45) is 0.786. The van der Waals surface area contributed by atoms with Crippen molar-refractivity contribution in [2.24, 2.45) is 5.92 Å². The van der Waals surface area contributed by atoms with Crippen molar-refractivity contribution in [3.05, 3.63) is 77.7 Å². The largest absolute Gasteiger partial charge is 0.340 e. The molecule has 0 unspecified atom stereocenters. The van der Waals surface area contributed by atoms with Gasteiger partial charge in [-0.3, -0.25) is 14.4 Å². The maximum atomic E-state index is 13.5. The normalized spacial score (nSPS) is 16.0. The van der Waals surface area contributed by atoms with Gasteiger partial charge in [0.1, 0.15) is 6.04 Å². The maximum absolute atomic E-state index is 13.5. The third-order valence-electron chi connectivity index (χ3n) is 6.51. The number of benzene rings is 2. The van der Waals surface area contributed by atoms with Crippen LogP contribution >= 0.6 is 11.3 Å². The molecule has 0 radical (unpaired) electrons. The van der Waals surface area contributed by atoms with Gasteiger partial charge >= 0.3 is 0 Å². The van der Waals surface area contributed by atoms with Gasteiger partial charge in [0.25, 0.3) is 5.91 Å². The number of carbonyl (C=O) groups excluding carboxylic acids is 3. The van der Waals surface area contributed by atoms with Crippen LogP contribution in [0.1, 0.15) is 37.0 Å². The zero-order chi connectivity index (χ0) is 28.0. The summed E-state index contributed by atoms with van der Waals surface area (Å²) in [7, 11) is -3.82. The number of hydrogen-bond donors (Lipinski definition) is 1. The Labute approximate surface area is 233 Å². The van der Waals surface area contributed by atoms with E-state index in [1.54, 1.807) is 41.7 Å². The molecular weight excluding hydrogens is 534 g/mol. The van der Waals surface area contributed by atoms with Crippen molar-refractivity contribution in [1.29, 1.82) is 0 Å². The molecule has 206 valence electrons. The molecule has 39 heavy (non-hydrogen) atoms. The van der Waals surface area contributed by atoms with Gasteiger partial charge in [-0.15, -0.1) is 11.3 Å². The molecule has 8 nitrogen and oxygen atoms in total. The zero-order valence-electron chi connectivity index (χ0n) is 22.1. The van der Waals surface area contributed by atoms with Crippen LogP contribution in [-0.4, -0.2) is 67.4 Å². The molecule has 3 aromatic rings. The Kier molecular flexibility index (Phi) is 9.32. The first-order chi connectivity index (χ1) is 18.6. The molecule has 1 aromatic heterocycles. The Morgan fingerprint density at radius 1 is 0.949 bits per heavy atom. The molecule has 2 heterocycles. The third-order valence-corrected chi connectivity index (χ3v) is 9.29. The highest BCUT2D eigenvalue weighted by atomic mass is 32.2. The fourth-order valence-corrected chi connectivity index (χ4v) is 6.79. The number of nitrogens with zero attached hydrogens (tertiary/aromatic N) is 2. The lowest BCUT2D eigenvalue weighted by atomic mass is 10.0. The molecule has 4 rings (SSSR count). The van der Waals surface area contributed by atoms with Gasteiger partial charge in [0.2, 0.25) is 15.9 Å². The fraction of sp³-hybridized carbons (Fsp3) is 0.345. The summed E-state index contributed by atoms with van der Waals surface area (Å²) in [6, 6.07) is 18.4. The minimum Gasteiger partial charge on any atom is -0.340 e. The van der Waals surface area contributed by atoms with Gasteiger partial charge in [0.05, 0.1) is 18.0 Å². The van der Waals surface area contributed by atoms with Gasteiger partial charge in [-0.2, -0.15) is 4.31 Å². The molecule has 0 saturated carbocycles. The maximum Gasteiger partial charge on any atom is 0.251 e. The van der Waals surface area contributed by atoms with Gasteiger partial charge in [-0.1, -0.05) is 50.2 Å². The Balaban J connectivity index is 1.43. The second-order valence-electron chi connectivity index (χ2n) is 10.0. The predicted octanol–water partition coefficient (Wildman–Crippen LogP) is 4.05. The molecule has 1 atom stereocenters. The highest BCUT2D eigenvalue weighted by Gasteiger charge is 2.33. The SMILES string of the molecule is CC(C)C[C@H](NC(=O)c1ccc(-c2cccs2)cc1)C(=O)N1CCCN(S(=O)(=O)c2ccccc2)CC(=O)C1.